The number of nitrogens with one attached hydrogen (secondary N) is 1. The number of carbonyl (C=O) groups excluding carboxylic acids is 1. The summed E-state index contributed by atoms with van der Waals surface area (Å²) in [7, 11) is 0. The lowest BCUT2D eigenvalue weighted by Gasteiger charge is -2.31. The predicted molar refractivity (Wildman–Crippen MR) is 177 cm³/mol. The van der Waals surface area contributed by atoms with Gasteiger partial charge in [-0.05, 0) is 79.5 Å². The lowest BCUT2D eigenvalue weighted by atomic mass is 9.89. The standard InChI is InChI=1S/C35H39N7OS/c1-22(2)32-26(28-19-37-42(23(28)3)20-24-9-5-4-6-10-24)14-15-31(38-32)41-18-16-25-11-7-12-27(29(25)21-41)34(43)40-35-39-33-30(44-35)13-8-17-36-33/h7-8,11-15,17,19,22,24H,4-6,9-10,16,18,20-21H2,1-3H3,(H,36,39,40,43). The van der Waals surface area contributed by atoms with E-state index in [4.69, 9.17) is 10.1 Å². The first-order valence-electron chi connectivity index (χ1n) is 15.9. The topological polar surface area (TPSA) is 88.8 Å². The van der Waals surface area contributed by atoms with Crippen molar-refractivity contribution in [1.29, 1.82) is 0 Å². The maximum Gasteiger partial charge on any atom is 0.257 e. The summed E-state index contributed by atoms with van der Waals surface area (Å²) in [5.74, 6) is 1.79. The first-order chi connectivity index (χ1) is 21.4. The average molecular weight is 606 g/mol. The average Bonchev–Trinajstić information content (AvgIpc) is 3.62. The quantitative estimate of drug-likeness (QED) is 0.204. The van der Waals surface area contributed by atoms with E-state index < -0.39 is 0 Å². The monoisotopic (exact) mass is 605 g/mol. The van der Waals surface area contributed by atoms with Crippen LogP contribution >= 0.6 is 11.3 Å². The normalized spacial score (nSPS) is 15.6. The molecule has 0 unspecified atom stereocenters. The van der Waals surface area contributed by atoms with E-state index in [9.17, 15) is 4.79 Å². The number of fused-ring (bicyclic) bond motifs is 2. The van der Waals surface area contributed by atoms with Gasteiger partial charge in [-0.2, -0.15) is 10.1 Å². The molecule has 44 heavy (non-hydrogen) atoms. The fraction of sp³-hybridized carbons (Fsp3) is 0.400. The van der Waals surface area contributed by atoms with Gasteiger partial charge in [0.05, 0.1) is 16.6 Å². The molecule has 226 valence electrons. The number of anilines is 2. The largest absolute Gasteiger partial charge is 0.352 e. The molecular weight excluding hydrogens is 567 g/mol. The van der Waals surface area contributed by atoms with Crippen molar-refractivity contribution in [3.8, 4) is 11.1 Å². The Hall–Kier alpha value is -4.11. The molecule has 8 nitrogen and oxygen atoms in total. The Labute approximate surface area is 262 Å². The minimum atomic E-state index is -0.144. The molecule has 1 fully saturated rings. The molecule has 0 atom stereocenters. The van der Waals surface area contributed by atoms with Crippen molar-refractivity contribution in [1.82, 2.24) is 24.7 Å². The smallest absolute Gasteiger partial charge is 0.257 e. The molecule has 0 radical (unpaired) electrons. The number of carbonyl (C=O) groups is 1. The third-order valence-electron chi connectivity index (χ3n) is 9.23. The SMILES string of the molecule is Cc1c(-c2ccc(N3CCc4cccc(C(=O)Nc5nc6ncccc6s5)c4C3)nc2C(C)C)cnn1CC1CCCCC1. The number of benzene rings is 1. The van der Waals surface area contributed by atoms with Crippen molar-refractivity contribution in [2.24, 2.45) is 5.92 Å². The van der Waals surface area contributed by atoms with Gasteiger partial charge < -0.3 is 4.90 Å². The van der Waals surface area contributed by atoms with Gasteiger partial charge in [-0.25, -0.2) is 9.97 Å². The van der Waals surface area contributed by atoms with Crippen LogP contribution in [0.4, 0.5) is 10.9 Å². The first kappa shape index (κ1) is 28.6. The fourth-order valence-corrected chi connectivity index (χ4v) is 7.61. The van der Waals surface area contributed by atoms with Crippen LogP contribution in [0.15, 0.2) is 54.9 Å². The van der Waals surface area contributed by atoms with Crippen LogP contribution < -0.4 is 10.2 Å². The Morgan fingerprint density at radius 3 is 2.73 bits per heavy atom. The number of hydrogen-bond donors (Lipinski definition) is 1. The van der Waals surface area contributed by atoms with Gasteiger partial charge >= 0.3 is 0 Å². The van der Waals surface area contributed by atoms with E-state index in [0.29, 0.717) is 22.9 Å². The first-order valence-corrected chi connectivity index (χ1v) is 16.7. The lowest BCUT2D eigenvalue weighted by Crippen LogP contribution is -2.33. The van der Waals surface area contributed by atoms with Crippen LogP contribution in [-0.4, -0.2) is 37.2 Å². The minimum Gasteiger partial charge on any atom is -0.352 e. The van der Waals surface area contributed by atoms with Gasteiger partial charge in [-0.15, -0.1) is 0 Å². The molecule has 1 amide bonds. The van der Waals surface area contributed by atoms with Crippen LogP contribution in [0.3, 0.4) is 0 Å². The Kier molecular flexibility index (Phi) is 7.89. The molecule has 7 rings (SSSR count). The van der Waals surface area contributed by atoms with Crippen LogP contribution in [-0.2, 0) is 19.5 Å². The van der Waals surface area contributed by atoms with E-state index in [1.807, 2.05) is 30.5 Å². The summed E-state index contributed by atoms with van der Waals surface area (Å²) in [6.45, 7) is 9.10. The zero-order valence-corrected chi connectivity index (χ0v) is 26.5. The van der Waals surface area contributed by atoms with E-state index in [2.05, 4.69) is 63.8 Å². The van der Waals surface area contributed by atoms with E-state index in [0.717, 1.165) is 47.2 Å². The number of rotatable bonds is 7. The van der Waals surface area contributed by atoms with Crippen molar-refractivity contribution < 1.29 is 4.79 Å². The summed E-state index contributed by atoms with van der Waals surface area (Å²) in [6, 6.07) is 14.2. The van der Waals surface area contributed by atoms with E-state index >= 15 is 0 Å². The summed E-state index contributed by atoms with van der Waals surface area (Å²) in [6.07, 6.45) is 11.3. The van der Waals surface area contributed by atoms with Crippen molar-refractivity contribution in [2.75, 3.05) is 16.8 Å². The van der Waals surface area contributed by atoms with Crippen molar-refractivity contribution >= 4 is 38.5 Å². The van der Waals surface area contributed by atoms with Gasteiger partial charge in [-0.3, -0.25) is 14.8 Å². The van der Waals surface area contributed by atoms with Crippen LogP contribution in [0.25, 0.3) is 21.5 Å². The van der Waals surface area contributed by atoms with Crippen LogP contribution in [0.2, 0.25) is 0 Å². The summed E-state index contributed by atoms with van der Waals surface area (Å²) in [5.41, 5.74) is 8.24. The number of amides is 1. The lowest BCUT2D eigenvalue weighted by molar-refractivity contribution is 0.102. The highest BCUT2D eigenvalue weighted by molar-refractivity contribution is 7.22. The highest BCUT2D eigenvalue weighted by atomic mass is 32.1. The minimum absolute atomic E-state index is 0.144. The Bertz CT molecular complexity index is 1780. The molecular formula is C35H39N7OS. The molecule has 2 aliphatic rings. The summed E-state index contributed by atoms with van der Waals surface area (Å²) in [4.78, 5) is 29.9. The van der Waals surface area contributed by atoms with E-state index in [1.54, 1.807) is 6.20 Å². The van der Waals surface area contributed by atoms with Crippen molar-refractivity contribution in [3.63, 3.8) is 0 Å². The molecule has 9 heteroatoms. The van der Waals surface area contributed by atoms with Crippen molar-refractivity contribution in [3.05, 3.63) is 82.9 Å². The molecule has 1 N–H and O–H groups in total. The third kappa shape index (κ3) is 5.61. The zero-order chi connectivity index (χ0) is 30.2. The fourth-order valence-electron chi connectivity index (χ4n) is 6.79. The molecule has 1 aromatic carbocycles. The zero-order valence-electron chi connectivity index (χ0n) is 25.7. The van der Waals surface area contributed by atoms with E-state index in [1.165, 1.54) is 65.8 Å². The van der Waals surface area contributed by atoms with Crippen LogP contribution in [0.5, 0.6) is 0 Å². The van der Waals surface area contributed by atoms with E-state index in [-0.39, 0.29) is 11.8 Å². The van der Waals surface area contributed by atoms with Crippen LogP contribution in [0.1, 0.15) is 84.7 Å². The second-order valence-corrected chi connectivity index (χ2v) is 13.5. The molecule has 1 aliphatic carbocycles. The Morgan fingerprint density at radius 1 is 1.05 bits per heavy atom. The molecule has 1 saturated carbocycles. The second kappa shape index (κ2) is 12.1. The number of aromatic nitrogens is 5. The molecule has 4 aromatic heterocycles. The number of thiazole rings is 1. The maximum atomic E-state index is 13.5. The molecule has 5 aromatic rings. The highest BCUT2D eigenvalue weighted by Crippen LogP contribution is 2.35. The van der Waals surface area contributed by atoms with Gasteiger partial charge in [0.1, 0.15) is 5.82 Å². The van der Waals surface area contributed by atoms with Crippen molar-refractivity contribution in [2.45, 2.75) is 78.3 Å². The van der Waals surface area contributed by atoms with Gasteiger partial charge in [0.15, 0.2) is 10.8 Å². The molecule has 0 spiro atoms. The molecule has 0 bridgehead atoms. The molecule has 5 heterocycles. The van der Waals surface area contributed by atoms with Gasteiger partial charge in [-0.1, -0.05) is 56.6 Å². The third-order valence-corrected chi connectivity index (χ3v) is 10.2. The maximum absolute atomic E-state index is 13.5. The number of pyridine rings is 2. The Morgan fingerprint density at radius 2 is 1.91 bits per heavy atom. The Balaban J connectivity index is 1.13. The van der Waals surface area contributed by atoms with Crippen LogP contribution in [0, 0.1) is 12.8 Å². The summed E-state index contributed by atoms with van der Waals surface area (Å²) < 4.78 is 3.16. The summed E-state index contributed by atoms with van der Waals surface area (Å²) >= 11 is 1.44. The molecule has 0 saturated heterocycles. The van der Waals surface area contributed by atoms with Gasteiger partial charge in [0.25, 0.3) is 5.91 Å². The number of hydrogen-bond acceptors (Lipinski definition) is 7. The molecule has 1 aliphatic heterocycles. The second-order valence-electron chi connectivity index (χ2n) is 12.5. The highest BCUT2D eigenvalue weighted by Gasteiger charge is 2.25. The van der Waals surface area contributed by atoms with Gasteiger partial charge in [0.2, 0.25) is 0 Å². The number of nitrogens with zero attached hydrogens (tertiary/aromatic N) is 6. The summed E-state index contributed by atoms with van der Waals surface area (Å²) in [5, 5.41) is 8.41. The van der Waals surface area contributed by atoms with Gasteiger partial charge in [0, 0.05) is 48.2 Å². The predicted octanol–water partition coefficient (Wildman–Crippen LogP) is 7.78.